The van der Waals surface area contributed by atoms with E-state index in [9.17, 15) is 0 Å². The Labute approximate surface area is 114 Å². The van der Waals surface area contributed by atoms with Crippen LogP contribution in [0.4, 0.5) is 0 Å². The van der Waals surface area contributed by atoms with Crippen LogP contribution in [0.5, 0.6) is 11.5 Å². The van der Waals surface area contributed by atoms with Crippen LogP contribution >= 0.6 is 34.8 Å². The maximum atomic E-state index is 5.89. The molecule has 0 N–H and O–H groups in total. The second-order valence-electron chi connectivity index (χ2n) is 3.34. The Balaban J connectivity index is 2.22. The van der Waals surface area contributed by atoms with Crippen molar-refractivity contribution in [2.24, 2.45) is 0 Å². The molecule has 0 aliphatic heterocycles. The zero-order valence-electron chi connectivity index (χ0n) is 8.66. The Morgan fingerprint density at radius 2 is 1.82 bits per heavy atom. The topological polar surface area (TPSA) is 22.1 Å². The number of nitrogens with zero attached hydrogens (tertiary/aromatic N) is 1. The summed E-state index contributed by atoms with van der Waals surface area (Å²) < 4.78 is 5.59. The molecule has 0 unspecified atom stereocenters. The molecule has 2 rings (SSSR count). The highest BCUT2D eigenvalue weighted by atomic mass is 35.5. The zero-order chi connectivity index (χ0) is 12.3. The fourth-order valence-electron chi connectivity index (χ4n) is 1.27. The highest BCUT2D eigenvalue weighted by molar-refractivity contribution is 6.42. The summed E-state index contributed by atoms with van der Waals surface area (Å²) in [5.41, 5.74) is 0.893. The lowest BCUT2D eigenvalue weighted by Gasteiger charge is -2.07. The fourth-order valence-corrected chi connectivity index (χ4v) is 1.70. The van der Waals surface area contributed by atoms with Crippen LogP contribution in [-0.4, -0.2) is 4.98 Å². The molecule has 17 heavy (non-hydrogen) atoms. The van der Waals surface area contributed by atoms with Crippen LogP contribution < -0.4 is 4.74 Å². The number of hydrogen-bond acceptors (Lipinski definition) is 2. The molecule has 0 spiro atoms. The van der Waals surface area contributed by atoms with Crippen LogP contribution in [0, 0.1) is 0 Å². The number of halogens is 3. The molecule has 1 aromatic carbocycles. The summed E-state index contributed by atoms with van der Waals surface area (Å²) in [6, 6.07) is 6.89. The molecule has 0 saturated heterocycles. The van der Waals surface area contributed by atoms with E-state index in [4.69, 9.17) is 39.5 Å². The Morgan fingerprint density at radius 1 is 1.00 bits per heavy atom. The average molecular weight is 289 g/mol. The first-order valence-electron chi connectivity index (χ1n) is 4.82. The monoisotopic (exact) mass is 287 g/mol. The molecule has 0 aliphatic carbocycles. The average Bonchev–Trinajstić information content (AvgIpc) is 2.34. The van der Waals surface area contributed by atoms with Crippen LogP contribution in [0.25, 0.3) is 0 Å². The Hall–Kier alpha value is -0.960. The fraction of sp³-hybridized carbons (Fsp3) is 0.0833. The Bertz CT molecular complexity index is 531. The first kappa shape index (κ1) is 12.5. The summed E-state index contributed by atoms with van der Waals surface area (Å²) in [5, 5.41) is 0.942. The lowest BCUT2D eigenvalue weighted by atomic mass is 10.3. The molecule has 88 valence electrons. The molecule has 0 bridgehead atoms. The highest BCUT2D eigenvalue weighted by Gasteiger charge is 2.03. The SMILES string of the molecule is ClCc1cncc(Oc2ccc(Cl)c(Cl)c2)c1. The van der Waals surface area contributed by atoms with E-state index in [0.29, 0.717) is 27.4 Å². The lowest BCUT2D eigenvalue weighted by Crippen LogP contribution is -1.88. The van der Waals surface area contributed by atoms with Crippen molar-refractivity contribution in [3.8, 4) is 11.5 Å². The third-order valence-electron chi connectivity index (χ3n) is 2.05. The van der Waals surface area contributed by atoms with E-state index in [-0.39, 0.29) is 0 Å². The van der Waals surface area contributed by atoms with Gasteiger partial charge in [0, 0.05) is 18.1 Å². The van der Waals surface area contributed by atoms with Gasteiger partial charge in [0.05, 0.1) is 16.2 Å². The van der Waals surface area contributed by atoms with E-state index in [0.717, 1.165) is 5.56 Å². The van der Waals surface area contributed by atoms with Crippen molar-refractivity contribution in [3.05, 3.63) is 52.3 Å². The minimum atomic E-state index is 0.394. The molecular weight excluding hydrogens is 280 g/mol. The van der Waals surface area contributed by atoms with Crippen molar-refractivity contribution >= 4 is 34.8 Å². The normalized spacial score (nSPS) is 10.3. The zero-order valence-corrected chi connectivity index (χ0v) is 10.9. The quantitative estimate of drug-likeness (QED) is 0.748. The van der Waals surface area contributed by atoms with Gasteiger partial charge in [-0.3, -0.25) is 4.98 Å². The summed E-state index contributed by atoms with van der Waals surface area (Å²) >= 11 is 17.4. The molecule has 5 heteroatoms. The molecule has 0 amide bonds. The molecule has 0 fully saturated rings. The summed E-state index contributed by atoms with van der Waals surface area (Å²) in [6.07, 6.45) is 3.30. The van der Waals surface area contributed by atoms with E-state index in [1.165, 1.54) is 0 Å². The van der Waals surface area contributed by atoms with Crippen LogP contribution in [-0.2, 0) is 5.88 Å². The first-order valence-corrected chi connectivity index (χ1v) is 6.11. The second kappa shape index (κ2) is 5.58. The van der Waals surface area contributed by atoms with Gasteiger partial charge < -0.3 is 4.74 Å². The van der Waals surface area contributed by atoms with Gasteiger partial charge in [0.2, 0.25) is 0 Å². The van der Waals surface area contributed by atoms with E-state index < -0.39 is 0 Å². The van der Waals surface area contributed by atoms with Gasteiger partial charge in [-0.25, -0.2) is 0 Å². The first-order chi connectivity index (χ1) is 8.19. The van der Waals surface area contributed by atoms with Crippen molar-refractivity contribution in [2.45, 2.75) is 5.88 Å². The predicted octanol–water partition coefficient (Wildman–Crippen LogP) is 4.92. The van der Waals surface area contributed by atoms with E-state index >= 15 is 0 Å². The molecule has 0 radical (unpaired) electrons. The number of aromatic nitrogens is 1. The highest BCUT2D eigenvalue weighted by Crippen LogP contribution is 2.29. The van der Waals surface area contributed by atoms with Gasteiger partial charge in [-0.15, -0.1) is 11.6 Å². The number of hydrogen-bond donors (Lipinski definition) is 0. The van der Waals surface area contributed by atoms with Crippen LogP contribution in [0.1, 0.15) is 5.56 Å². The molecule has 0 saturated carbocycles. The lowest BCUT2D eigenvalue weighted by molar-refractivity contribution is 0.480. The molecular formula is C12H8Cl3NO. The molecule has 1 aromatic heterocycles. The summed E-state index contributed by atoms with van der Waals surface area (Å²) in [6.45, 7) is 0. The molecule has 1 heterocycles. The minimum absolute atomic E-state index is 0.394. The Kier molecular flexibility index (Phi) is 4.11. The van der Waals surface area contributed by atoms with Gasteiger partial charge in [-0.05, 0) is 23.8 Å². The number of rotatable bonds is 3. The Morgan fingerprint density at radius 3 is 2.53 bits per heavy atom. The summed E-state index contributed by atoms with van der Waals surface area (Å²) in [4.78, 5) is 4.02. The standard InChI is InChI=1S/C12H8Cl3NO/c13-5-8-3-10(7-16-6-8)17-9-1-2-11(14)12(15)4-9/h1-4,6-7H,5H2. The summed E-state index contributed by atoms with van der Waals surface area (Å²) in [7, 11) is 0. The molecule has 0 atom stereocenters. The predicted molar refractivity (Wildman–Crippen MR) is 70.3 cm³/mol. The van der Waals surface area contributed by atoms with E-state index in [1.54, 1.807) is 30.6 Å². The second-order valence-corrected chi connectivity index (χ2v) is 4.42. The summed E-state index contributed by atoms with van der Waals surface area (Å²) in [5.74, 6) is 1.61. The third-order valence-corrected chi connectivity index (χ3v) is 3.10. The van der Waals surface area contributed by atoms with Crippen LogP contribution in [0.2, 0.25) is 10.0 Å². The molecule has 2 aromatic rings. The van der Waals surface area contributed by atoms with Gasteiger partial charge >= 0.3 is 0 Å². The van der Waals surface area contributed by atoms with E-state index in [1.807, 2.05) is 6.07 Å². The van der Waals surface area contributed by atoms with Gasteiger partial charge in [0.25, 0.3) is 0 Å². The number of alkyl halides is 1. The van der Waals surface area contributed by atoms with Crippen LogP contribution in [0.15, 0.2) is 36.7 Å². The van der Waals surface area contributed by atoms with Crippen LogP contribution in [0.3, 0.4) is 0 Å². The largest absolute Gasteiger partial charge is 0.456 e. The van der Waals surface area contributed by atoms with Gasteiger partial charge in [0.15, 0.2) is 0 Å². The molecule has 2 nitrogen and oxygen atoms in total. The van der Waals surface area contributed by atoms with Gasteiger partial charge in [0.1, 0.15) is 11.5 Å². The van der Waals surface area contributed by atoms with Gasteiger partial charge in [-0.1, -0.05) is 23.2 Å². The van der Waals surface area contributed by atoms with Crippen molar-refractivity contribution < 1.29 is 4.74 Å². The number of pyridine rings is 1. The van der Waals surface area contributed by atoms with E-state index in [2.05, 4.69) is 4.98 Å². The van der Waals surface area contributed by atoms with Crippen molar-refractivity contribution in [3.63, 3.8) is 0 Å². The van der Waals surface area contributed by atoms with Gasteiger partial charge in [-0.2, -0.15) is 0 Å². The molecule has 0 aliphatic rings. The maximum Gasteiger partial charge on any atom is 0.146 e. The van der Waals surface area contributed by atoms with Crippen molar-refractivity contribution in [1.82, 2.24) is 4.98 Å². The minimum Gasteiger partial charge on any atom is -0.456 e. The smallest absolute Gasteiger partial charge is 0.146 e. The van der Waals surface area contributed by atoms with Crippen molar-refractivity contribution in [2.75, 3.05) is 0 Å². The maximum absolute atomic E-state index is 5.89. The third kappa shape index (κ3) is 3.25. The number of benzene rings is 1. The number of ether oxygens (including phenoxy) is 1. The van der Waals surface area contributed by atoms with Crippen molar-refractivity contribution in [1.29, 1.82) is 0 Å².